The second-order valence-electron chi connectivity index (χ2n) is 7.78. The maximum absolute atomic E-state index is 10.3. The Bertz CT molecular complexity index is 1230. The van der Waals surface area contributed by atoms with Crippen LogP contribution in [0.15, 0.2) is 78.9 Å². The van der Waals surface area contributed by atoms with E-state index in [1.807, 2.05) is 67.3 Å². The highest BCUT2D eigenvalue weighted by molar-refractivity contribution is 5.79. The first-order valence-corrected chi connectivity index (χ1v) is 10.3. The van der Waals surface area contributed by atoms with E-state index in [4.69, 9.17) is 4.74 Å². The molecule has 0 aromatic heterocycles. The summed E-state index contributed by atoms with van der Waals surface area (Å²) in [7, 11) is 0. The molecule has 5 nitrogen and oxygen atoms in total. The predicted octanol–water partition coefficient (Wildman–Crippen LogP) is 6.99. The Hall–Kier alpha value is -4.12. The smallest absolute Gasteiger partial charge is 0.134 e. The molecule has 0 amide bonds. The monoisotopic (exact) mass is 427 g/mol. The summed E-state index contributed by atoms with van der Waals surface area (Å²) in [6.45, 7) is 5.48. The zero-order valence-corrected chi connectivity index (χ0v) is 18.2. The number of aryl methyl sites for hydroxylation is 2. The summed E-state index contributed by atoms with van der Waals surface area (Å²) in [5.41, 5.74) is 4.46. The quantitative estimate of drug-likeness (QED) is 0.320. The van der Waals surface area contributed by atoms with Gasteiger partial charge in [0, 0.05) is 40.8 Å². The molecule has 4 aromatic rings. The number of hydrogen-bond donors (Lipinski definition) is 3. The fourth-order valence-electron chi connectivity index (χ4n) is 3.45. The predicted molar refractivity (Wildman–Crippen MR) is 127 cm³/mol. The summed E-state index contributed by atoms with van der Waals surface area (Å²) in [4.78, 5) is 1.93. The van der Waals surface area contributed by atoms with Gasteiger partial charge in [0.15, 0.2) is 0 Å². The van der Waals surface area contributed by atoms with E-state index < -0.39 is 0 Å². The molecule has 0 aliphatic carbocycles. The van der Waals surface area contributed by atoms with Crippen LogP contribution < -0.4 is 9.64 Å². The van der Waals surface area contributed by atoms with Gasteiger partial charge in [0.05, 0.1) is 0 Å². The summed E-state index contributed by atoms with van der Waals surface area (Å²) >= 11 is 0. The van der Waals surface area contributed by atoms with Crippen molar-refractivity contribution in [1.29, 1.82) is 0 Å². The van der Waals surface area contributed by atoms with Gasteiger partial charge >= 0.3 is 0 Å². The second kappa shape index (κ2) is 8.55. The van der Waals surface area contributed by atoms with Crippen LogP contribution >= 0.6 is 0 Å². The Balaban J connectivity index is 1.80. The summed E-state index contributed by atoms with van der Waals surface area (Å²) < 4.78 is 6.05. The number of aromatic hydroxyl groups is 3. The van der Waals surface area contributed by atoms with Gasteiger partial charge in [-0.2, -0.15) is 0 Å². The Morgan fingerprint density at radius 1 is 0.594 bits per heavy atom. The summed E-state index contributed by atoms with van der Waals surface area (Å²) in [6.07, 6.45) is 0. The van der Waals surface area contributed by atoms with Crippen molar-refractivity contribution >= 4 is 17.1 Å². The lowest BCUT2D eigenvalue weighted by Gasteiger charge is -2.26. The third kappa shape index (κ3) is 4.18. The number of anilines is 3. The molecule has 0 fully saturated rings. The van der Waals surface area contributed by atoms with Gasteiger partial charge in [0.1, 0.15) is 28.7 Å². The zero-order chi connectivity index (χ0) is 22.8. The van der Waals surface area contributed by atoms with Crippen LogP contribution in [-0.2, 0) is 0 Å². The molecule has 5 heteroatoms. The maximum atomic E-state index is 10.3. The normalized spacial score (nSPS) is 10.7. The van der Waals surface area contributed by atoms with E-state index in [-0.39, 0.29) is 17.2 Å². The largest absolute Gasteiger partial charge is 0.508 e. The molecule has 0 aliphatic rings. The fourth-order valence-corrected chi connectivity index (χ4v) is 3.45. The highest BCUT2D eigenvalue weighted by Crippen LogP contribution is 2.40. The highest BCUT2D eigenvalue weighted by atomic mass is 16.5. The van der Waals surface area contributed by atoms with Gasteiger partial charge < -0.3 is 25.0 Å². The van der Waals surface area contributed by atoms with Crippen molar-refractivity contribution in [1.82, 2.24) is 0 Å². The molecule has 0 saturated carbocycles. The molecule has 0 unspecified atom stereocenters. The topological polar surface area (TPSA) is 73.2 Å². The molecular weight excluding hydrogens is 402 g/mol. The zero-order valence-electron chi connectivity index (χ0n) is 18.2. The van der Waals surface area contributed by atoms with Gasteiger partial charge in [-0.05, 0) is 68.3 Å². The first-order valence-electron chi connectivity index (χ1n) is 10.3. The molecule has 0 radical (unpaired) electrons. The lowest BCUT2D eigenvalue weighted by atomic mass is 10.1. The van der Waals surface area contributed by atoms with Crippen LogP contribution in [0.3, 0.4) is 0 Å². The SMILES string of the molecule is Cc1ccc(N(c2cccc(Oc3cccc(O)c3C)c2)c2ccc(C)c(O)c2)cc1O. The van der Waals surface area contributed by atoms with Crippen LogP contribution in [0, 0.1) is 20.8 Å². The molecule has 162 valence electrons. The summed E-state index contributed by atoms with van der Waals surface area (Å²) in [5, 5.41) is 30.6. The van der Waals surface area contributed by atoms with Crippen LogP contribution in [-0.4, -0.2) is 15.3 Å². The molecule has 32 heavy (non-hydrogen) atoms. The maximum Gasteiger partial charge on any atom is 0.134 e. The van der Waals surface area contributed by atoms with Gasteiger partial charge in [-0.1, -0.05) is 24.3 Å². The van der Waals surface area contributed by atoms with Crippen LogP contribution in [0.2, 0.25) is 0 Å². The fraction of sp³-hybridized carbons (Fsp3) is 0.111. The Morgan fingerprint density at radius 2 is 1.16 bits per heavy atom. The van der Waals surface area contributed by atoms with E-state index >= 15 is 0 Å². The van der Waals surface area contributed by atoms with Crippen molar-refractivity contribution in [2.45, 2.75) is 20.8 Å². The van der Waals surface area contributed by atoms with Gasteiger partial charge in [-0.3, -0.25) is 0 Å². The third-order valence-electron chi connectivity index (χ3n) is 5.46. The number of ether oxygens (including phenoxy) is 1. The number of nitrogens with zero attached hydrogens (tertiary/aromatic N) is 1. The summed E-state index contributed by atoms with van der Waals surface area (Å²) in [5.74, 6) is 1.70. The molecule has 4 aromatic carbocycles. The first-order chi connectivity index (χ1) is 15.3. The molecule has 0 atom stereocenters. The molecule has 3 N–H and O–H groups in total. The van der Waals surface area contributed by atoms with Crippen molar-refractivity contribution in [2.24, 2.45) is 0 Å². The average Bonchev–Trinajstić information content (AvgIpc) is 2.77. The van der Waals surface area contributed by atoms with Crippen molar-refractivity contribution in [2.75, 3.05) is 4.90 Å². The van der Waals surface area contributed by atoms with E-state index in [9.17, 15) is 15.3 Å². The number of hydrogen-bond acceptors (Lipinski definition) is 5. The third-order valence-corrected chi connectivity index (χ3v) is 5.46. The van der Waals surface area contributed by atoms with E-state index in [0.29, 0.717) is 17.1 Å². The molecule has 0 heterocycles. The number of phenols is 3. The Morgan fingerprint density at radius 3 is 1.75 bits per heavy atom. The minimum Gasteiger partial charge on any atom is -0.508 e. The van der Waals surface area contributed by atoms with E-state index in [1.54, 1.807) is 37.3 Å². The highest BCUT2D eigenvalue weighted by Gasteiger charge is 2.16. The van der Waals surface area contributed by atoms with Gasteiger partial charge in [0.2, 0.25) is 0 Å². The van der Waals surface area contributed by atoms with Crippen molar-refractivity contribution < 1.29 is 20.1 Å². The Kier molecular flexibility index (Phi) is 5.65. The molecular formula is C27H25NO4. The molecule has 0 bridgehead atoms. The van der Waals surface area contributed by atoms with Crippen molar-refractivity contribution in [3.63, 3.8) is 0 Å². The van der Waals surface area contributed by atoms with Gasteiger partial charge in [-0.15, -0.1) is 0 Å². The number of phenolic OH excluding ortho intramolecular Hbond substituents is 3. The molecule has 0 saturated heterocycles. The van der Waals surface area contributed by atoms with Crippen molar-refractivity contribution in [3.8, 4) is 28.7 Å². The average molecular weight is 428 g/mol. The first kappa shape index (κ1) is 21.1. The molecule has 0 aliphatic heterocycles. The van der Waals surface area contributed by atoms with E-state index in [0.717, 1.165) is 28.2 Å². The Labute approximate surface area is 187 Å². The minimum atomic E-state index is 0.172. The van der Waals surface area contributed by atoms with Crippen LogP contribution in [0.5, 0.6) is 28.7 Å². The lowest BCUT2D eigenvalue weighted by molar-refractivity contribution is 0.448. The lowest BCUT2D eigenvalue weighted by Crippen LogP contribution is -2.10. The molecule has 4 rings (SSSR count). The van der Waals surface area contributed by atoms with Crippen LogP contribution in [0.4, 0.5) is 17.1 Å². The van der Waals surface area contributed by atoms with Crippen LogP contribution in [0.1, 0.15) is 16.7 Å². The summed E-state index contributed by atoms with van der Waals surface area (Å²) in [6, 6.07) is 23.6. The number of rotatable bonds is 5. The van der Waals surface area contributed by atoms with Gasteiger partial charge in [0.25, 0.3) is 0 Å². The second-order valence-corrected chi connectivity index (χ2v) is 7.78. The van der Waals surface area contributed by atoms with Crippen LogP contribution in [0.25, 0.3) is 0 Å². The minimum absolute atomic E-state index is 0.172. The molecule has 0 spiro atoms. The standard InChI is InChI=1S/C27H25NO4/c1-17-10-12-21(15-25(17)30)28(22-13-11-18(2)26(31)16-22)20-6-4-7-23(14-20)32-27-9-5-8-24(29)19(27)3/h4-16,29-31H,1-3H3. The van der Waals surface area contributed by atoms with E-state index in [2.05, 4.69) is 0 Å². The van der Waals surface area contributed by atoms with E-state index in [1.165, 1.54) is 0 Å². The van der Waals surface area contributed by atoms with Crippen molar-refractivity contribution in [3.05, 3.63) is 95.6 Å². The number of benzene rings is 4. The van der Waals surface area contributed by atoms with Gasteiger partial charge in [-0.25, -0.2) is 0 Å².